The van der Waals surface area contributed by atoms with Crippen LogP contribution in [0.2, 0.25) is 0 Å². The zero-order chi connectivity index (χ0) is 14.5. The van der Waals surface area contributed by atoms with Crippen molar-refractivity contribution in [2.24, 2.45) is 5.92 Å². The molecule has 0 atom stereocenters. The zero-order valence-electron chi connectivity index (χ0n) is 12.2. The molecule has 1 heterocycles. The van der Waals surface area contributed by atoms with Crippen LogP contribution in [-0.4, -0.2) is 44.7 Å². The summed E-state index contributed by atoms with van der Waals surface area (Å²) in [4.78, 5) is 13.8. The van der Waals surface area contributed by atoms with E-state index in [-0.39, 0.29) is 5.97 Å². The minimum atomic E-state index is -0.362. The number of likely N-dealkylation sites (tertiary alicyclic amines) is 1. The third kappa shape index (κ3) is 3.63. The molecule has 0 unspecified atom stereocenters. The molecule has 0 bridgehead atoms. The highest BCUT2D eigenvalue weighted by Gasteiger charge is 2.16. The molecule has 110 valence electrons. The highest BCUT2D eigenvalue weighted by molar-refractivity contribution is 5.91. The summed E-state index contributed by atoms with van der Waals surface area (Å²) < 4.78 is 4.68. The number of ether oxygens (including phenoxy) is 1. The van der Waals surface area contributed by atoms with Crippen LogP contribution in [0.4, 0.5) is 11.4 Å². The Bertz CT molecular complexity index is 468. The summed E-state index contributed by atoms with van der Waals surface area (Å²) in [6.07, 6.45) is 2.42. The van der Waals surface area contributed by atoms with E-state index in [9.17, 15) is 4.79 Å². The first-order valence-electron chi connectivity index (χ1n) is 7.00. The Hall–Kier alpha value is -1.75. The van der Waals surface area contributed by atoms with Gasteiger partial charge >= 0.3 is 5.97 Å². The van der Waals surface area contributed by atoms with Crippen molar-refractivity contribution in [2.45, 2.75) is 12.8 Å². The van der Waals surface area contributed by atoms with Gasteiger partial charge in [-0.25, -0.2) is 4.79 Å². The molecule has 0 spiro atoms. The molecule has 1 fully saturated rings. The number of esters is 1. The van der Waals surface area contributed by atoms with Gasteiger partial charge in [0.25, 0.3) is 0 Å². The molecule has 3 N–H and O–H groups in total. The fraction of sp³-hybridized carbons (Fsp3) is 0.533. The summed E-state index contributed by atoms with van der Waals surface area (Å²) in [6.45, 7) is 3.24. The summed E-state index contributed by atoms with van der Waals surface area (Å²) >= 11 is 0. The van der Waals surface area contributed by atoms with Crippen LogP contribution < -0.4 is 11.1 Å². The van der Waals surface area contributed by atoms with E-state index >= 15 is 0 Å². The van der Waals surface area contributed by atoms with E-state index in [0.29, 0.717) is 17.2 Å². The van der Waals surface area contributed by atoms with Gasteiger partial charge in [0.1, 0.15) is 0 Å². The van der Waals surface area contributed by atoms with Crippen molar-refractivity contribution >= 4 is 17.3 Å². The first-order chi connectivity index (χ1) is 9.60. The van der Waals surface area contributed by atoms with Crippen molar-refractivity contribution in [3.63, 3.8) is 0 Å². The van der Waals surface area contributed by atoms with Crippen LogP contribution >= 0.6 is 0 Å². The molecule has 1 aliphatic rings. The fourth-order valence-corrected chi connectivity index (χ4v) is 2.49. The Labute approximate surface area is 120 Å². The molecule has 20 heavy (non-hydrogen) atoms. The van der Waals surface area contributed by atoms with Crippen LogP contribution in [0.25, 0.3) is 0 Å². The quantitative estimate of drug-likeness (QED) is 0.649. The van der Waals surface area contributed by atoms with Crippen molar-refractivity contribution < 1.29 is 9.53 Å². The first kappa shape index (κ1) is 14.7. The lowest BCUT2D eigenvalue weighted by Crippen LogP contribution is -2.33. The lowest BCUT2D eigenvalue weighted by Gasteiger charge is -2.29. The first-order valence-corrected chi connectivity index (χ1v) is 7.00. The van der Waals surface area contributed by atoms with Gasteiger partial charge in [-0.2, -0.15) is 0 Å². The summed E-state index contributed by atoms with van der Waals surface area (Å²) in [5.74, 6) is 0.324. The van der Waals surface area contributed by atoms with E-state index in [2.05, 4.69) is 22.0 Å². The van der Waals surface area contributed by atoms with E-state index < -0.39 is 0 Å². The summed E-state index contributed by atoms with van der Waals surface area (Å²) in [5.41, 5.74) is 7.92. The molecule has 0 amide bonds. The largest absolute Gasteiger partial charge is 0.465 e. The Kier molecular flexibility index (Phi) is 4.84. The van der Waals surface area contributed by atoms with Crippen LogP contribution in [-0.2, 0) is 4.74 Å². The number of nitrogens with one attached hydrogen (secondary N) is 1. The average Bonchev–Trinajstić information content (AvgIpc) is 2.46. The number of hydrogen-bond donors (Lipinski definition) is 2. The number of nitrogens with zero attached hydrogens (tertiary/aromatic N) is 1. The molecule has 0 aliphatic carbocycles. The van der Waals surface area contributed by atoms with E-state index in [0.717, 1.165) is 25.3 Å². The summed E-state index contributed by atoms with van der Waals surface area (Å²) in [5, 5.41) is 3.39. The van der Waals surface area contributed by atoms with Gasteiger partial charge in [-0.05, 0) is 57.1 Å². The molecule has 5 heteroatoms. The van der Waals surface area contributed by atoms with Crippen molar-refractivity contribution in [2.75, 3.05) is 44.8 Å². The molecule has 1 aromatic rings. The highest BCUT2D eigenvalue weighted by Crippen LogP contribution is 2.22. The van der Waals surface area contributed by atoms with E-state index in [4.69, 9.17) is 5.73 Å². The monoisotopic (exact) mass is 277 g/mol. The molecule has 0 radical (unpaired) electrons. The zero-order valence-corrected chi connectivity index (χ0v) is 12.2. The predicted molar refractivity (Wildman–Crippen MR) is 80.9 cm³/mol. The number of nitrogens with two attached hydrogens (primary N) is 1. The Balaban J connectivity index is 1.91. The van der Waals surface area contributed by atoms with Gasteiger partial charge in [0.15, 0.2) is 0 Å². The number of hydrogen-bond acceptors (Lipinski definition) is 5. The second-order valence-corrected chi connectivity index (χ2v) is 5.42. The van der Waals surface area contributed by atoms with Gasteiger partial charge in [-0.3, -0.25) is 0 Å². The molecule has 0 aromatic heterocycles. The number of rotatable bonds is 4. The molecule has 1 aromatic carbocycles. The molecule has 5 nitrogen and oxygen atoms in total. The third-order valence-corrected chi connectivity index (χ3v) is 3.89. The van der Waals surface area contributed by atoms with Crippen LogP contribution in [0.5, 0.6) is 0 Å². The van der Waals surface area contributed by atoms with Gasteiger partial charge < -0.3 is 20.7 Å². The molecule has 2 rings (SSSR count). The SMILES string of the molecule is COC(=O)c1ccc(NCC2CCN(C)CC2)c(N)c1. The predicted octanol–water partition coefficient (Wildman–Crippen LogP) is 1.81. The maximum Gasteiger partial charge on any atom is 0.337 e. The third-order valence-electron chi connectivity index (χ3n) is 3.89. The Morgan fingerprint density at radius 1 is 1.45 bits per heavy atom. The normalized spacial score (nSPS) is 16.9. The topological polar surface area (TPSA) is 67.6 Å². The maximum atomic E-state index is 11.4. The molecular formula is C15H23N3O2. The second-order valence-electron chi connectivity index (χ2n) is 5.42. The van der Waals surface area contributed by atoms with E-state index in [1.165, 1.54) is 20.0 Å². The van der Waals surface area contributed by atoms with Crippen LogP contribution in [0.1, 0.15) is 23.2 Å². The molecule has 1 aliphatic heterocycles. The number of nitrogen functional groups attached to an aromatic ring is 1. The summed E-state index contributed by atoms with van der Waals surface area (Å²) in [7, 11) is 3.53. The van der Waals surface area contributed by atoms with Crippen molar-refractivity contribution in [3.05, 3.63) is 23.8 Å². The highest BCUT2D eigenvalue weighted by atomic mass is 16.5. The minimum absolute atomic E-state index is 0.362. The molecule has 1 saturated heterocycles. The van der Waals surface area contributed by atoms with Gasteiger partial charge in [0.05, 0.1) is 24.0 Å². The number of benzene rings is 1. The van der Waals surface area contributed by atoms with E-state index in [1.807, 2.05) is 6.07 Å². The van der Waals surface area contributed by atoms with Crippen LogP contribution in [0, 0.1) is 5.92 Å². The standard InChI is InChI=1S/C15H23N3O2/c1-18-7-5-11(6-8-18)10-17-14-4-3-12(9-13(14)16)15(19)20-2/h3-4,9,11,17H,5-8,10,16H2,1-2H3. The van der Waals surface area contributed by atoms with E-state index in [1.54, 1.807) is 12.1 Å². The second kappa shape index (κ2) is 6.61. The number of methoxy groups -OCH3 is 1. The van der Waals surface area contributed by atoms with Gasteiger partial charge in [-0.15, -0.1) is 0 Å². The van der Waals surface area contributed by atoms with Gasteiger partial charge in [0.2, 0.25) is 0 Å². The van der Waals surface area contributed by atoms with Gasteiger partial charge in [-0.1, -0.05) is 0 Å². The van der Waals surface area contributed by atoms with Crippen LogP contribution in [0.3, 0.4) is 0 Å². The fourth-order valence-electron chi connectivity index (χ4n) is 2.49. The van der Waals surface area contributed by atoms with Gasteiger partial charge in [0, 0.05) is 6.54 Å². The Morgan fingerprint density at radius 2 is 2.15 bits per heavy atom. The van der Waals surface area contributed by atoms with Crippen molar-refractivity contribution in [1.29, 1.82) is 0 Å². The lowest BCUT2D eigenvalue weighted by molar-refractivity contribution is 0.0601. The lowest BCUT2D eigenvalue weighted by atomic mass is 9.97. The summed E-state index contributed by atoms with van der Waals surface area (Å²) in [6, 6.07) is 5.23. The smallest absolute Gasteiger partial charge is 0.337 e. The maximum absolute atomic E-state index is 11.4. The minimum Gasteiger partial charge on any atom is -0.465 e. The molecule has 0 saturated carbocycles. The van der Waals surface area contributed by atoms with Crippen LogP contribution in [0.15, 0.2) is 18.2 Å². The number of carbonyl (C=O) groups is 1. The number of carbonyl (C=O) groups excluding carboxylic acids is 1. The molecular weight excluding hydrogens is 254 g/mol. The number of piperidine rings is 1. The van der Waals surface area contributed by atoms with Crippen molar-refractivity contribution in [3.8, 4) is 0 Å². The average molecular weight is 277 g/mol. The van der Waals surface area contributed by atoms with Crippen molar-refractivity contribution in [1.82, 2.24) is 4.90 Å². The Morgan fingerprint density at radius 3 is 2.75 bits per heavy atom. The number of anilines is 2.